The Morgan fingerprint density at radius 2 is 2.00 bits per heavy atom. The first-order valence-electron chi connectivity index (χ1n) is 5.53. The van der Waals surface area contributed by atoms with Crippen molar-refractivity contribution in [2.75, 3.05) is 5.32 Å². The minimum atomic E-state index is -0.588. The molecule has 1 N–H and O–H groups in total. The van der Waals surface area contributed by atoms with E-state index in [0.717, 1.165) is 5.56 Å². The number of rotatable bonds is 2. The number of hydrogen-bond acceptors (Lipinski definition) is 2. The summed E-state index contributed by atoms with van der Waals surface area (Å²) in [7, 11) is 0. The fourth-order valence-electron chi connectivity index (χ4n) is 1.61. The number of aryl methyl sites for hydroxylation is 1. The molecule has 0 atom stereocenters. The Labute approximate surface area is 121 Å². The minimum Gasteiger partial charge on any atom is -0.322 e. The second kappa shape index (κ2) is 5.63. The molecule has 2 aromatic rings. The van der Waals surface area contributed by atoms with Gasteiger partial charge in [-0.3, -0.25) is 4.79 Å². The highest BCUT2D eigenvalue weighted by Crippen LogP contribution is 2.22. The Balaban J connectivity index is 2.30. The largest absolute Gasteiger partial charge is 0.322 e. The Bertz CT molecular complexity index is 645. The SMILES string of the molecule is Cc1ccc(Cl)cc1NC(=O)c1cc(S)ccc1F. The van der Waals surface area contributed by atoms with Crippen LogP contribution < -0.4 is 5.32 Å². The van der Waals surface area contributed by atoms with E-state index in [1.807, 2.05) is 6.92 Å². The van der Waals surface area contributed by atoms with Crippen molar-refractivity contribution in [3.63, 3.8) is 0 Å². The van der Waals surface area contributed by atoms with E-state index in [1.165, 1.54) is 18.2 Å². The highest BCUT2D eigenvalue weighted by Gasteiger charge is 2.13. The molecular formula is C14H11ClFNOS. The lowest BCUT2D eigenvalue weighted by Gasteiger charge is -2.09. The van der Waals surface area contributed by atoms with Crippen molar-refractivity contribution in [1.29, 1.82) is 0 Å². The summed E-state index contributed by atoms with van der Waals surface area (Å²) in [6.45, 7) is 1.83. The molecule has 2 rings (SSSR count). The molecule has 0 unspecified atom stereocenters. The highest BCUT2D eigenvalue weighted by atomic mass is 35.5. The van der Waals surface area contributed by atoms with Crippen molar-refractivity contribution >= 4 is 35.8 Å². The molecule has 0 aromatic heterocycles. The second-order valence-corrected chi connectivity index (χ2v) is 5.03. The van der Waals surface area contributed by atoms with Crippen LogP contribution in [0.5, 0.6) is 0 Å². The van der Waals surface area contributed by atoms with E-state index in [2.05, 4.69) is 17.9 Å². The summed E-state index contributed by atoms with van der Waals surface area (Å²) in [4.78, 5) is 12.5. The second-order valence-electron chi connectivity index (χ2n) is 4.08. The molecule has 0 spiro atoms. The standard InChI is InChI=1S/C14H11ClFNOS/c1-8-2-3-9(15)6-13(8)17-14(18)11-7-10(19)4-5-12(11)16/h2-7,19H,1H3,(H,17,18). The zero-order valence-corrected chi connectivity index (χ0v) is 11.7. The quantitative estimate of drug-likeness (QED) is 0.793. The zero-order chi connectivity index (χ0) is 14.0. The zero-order valence-electron chi connectivity index (χ0n) is 10.1. The van der Waals surface area contributed by atoms with Crippen molar-refractivity contribution < 1.29 is 9.18 Å². The van der Waals surface area contributed by atoms with Gasteiger partial charge in [-0.1, -0.05) is 17.7 Å². The van der Waals surface area contributed by atoms with Gasteiger partial charge >= 0.3 is 0 Å². The van der Waals surface area contributed by atoms with Gasteiger partial charge in [-0.2, -0.15) is 0 Å². The Kier molecular flexibility index (Phi) is 4.12. The average molecular weight is 296 g/mol. The van der Waals surface area contributed by atoms with Gasteiger partial charge in [0.15, 0.2) is 0 Å². The number of nitrogens with one attached hydrogen (secondary N) is 1. The molecule has 2 nitrogen and oxygen atoms in total. The summed E-state index contributed by atoms with van der Waals surface area (Å²) in [6, 6.07) is 9.21. The van der Waals surface area contributed by atoms with Crippen LogP contribution in [-0.4, -0.2) is 5.91 Å². The number of anilines is 1. The van der Waals surface area contributed by atoms with Gasteiger partial charge in [0, 0.05) is 15.6 Å². The number of benzene rings is 2. The predicted octanol–water partition coefficient (Wildman–Crippen LogP) is 4.33. The molecule has 5 heteroatoms. The number of hydrogen-bond donors (Lipinski definition) is 2. The van der Waals surface area contributed by atoms with E-state index >= 15 is 0 Å². The van der Waals surface area contributed by atoms with Crippen LogP contribution in [0.25, 0.3) is 0 Å². The van der Waals surface area contributed by atoms with Crippen molar-refractivity contribution in [3.8, 4) is 0 Å². The van der Waals surface area contributed by atoms with E-state index < -0.39 is 11.7 Å². The van der Waals surface area contributed by atoms with Crippen LogP contribution in [0.15, 0.2) is 41.3 Å². The summed E-state index contributed by atoms with van der Waals surface area (Å²) < 4.78 is 13.6. The lowest BCUT2D eigenvalue weighted by molar-refractivity contribution is 0.102. The van der Waals surface area contributed by atoms with Crippen molar-refractivity contribution in [2.24, 2.45) is 0 Å². The molecule has 0 radical (unpaired) electrons. The van der Waals surface area contributed by atoms with E-state index in [-0.39, 0.29) is 5.56 Å². The molecule has 0 aliphatic carbocycles. The predicted molar refractivity (Wildman–Crippen MR) is 77.8 cm³/mol. The fourth-order valence-corrected chi connectivity index (χ4v) is 1.98. The van der Waals surface area contributed by atoms with Gasteiger partial charge in [0.2, 0.25) is 0 Å². The molecule has 0 saturated carbocycles. The molecule has 0 saturated heterocycles. The molecule has 98 valence electrons. The molecule has 0 heterocycles. The molecule has 1 amide bonds. The first kappa shape index (κ1) is 13.9. The monoisotopic (exact) mass is 295 g/mol. The van der Waals surface area contributed by atoms with Gasteiger partial charge < -0.3 is 5.32 Å². The van der Waals surface area contributed by atoms with Crippen LogP contribution in [-0.2, 0) is 0 Å². The lowest BCUT2D eigenvalue weighted by Crippen LogP contribution is -2.14. The van der Waals surface area contributed by atoms with E-state index in [4.69, 9.17) is 11.6 Å². The van der Waals surface area contributed by atoms with Crippen LogP contribution in [0.1, 0.15) is 15.9 Å². The highest BCUT2D eigenvalue weighted by molar-refractivity contribution is 7.80. The number of amides is 1. The Morgan fingerprint density at radius 3 is 2.74 bits per heavy atom. The van der Waals surface area contributed by atoms with Gasteiger partial charge in [-0.25, -0.2) is 4.39 Å². The van der Waals surface area contributed by atoms with Crippen LogP contribution in [0, 0.1) is 12.7 Å². The first-order chi connectivity index (χ1) is 8.97. The molecule has 19 heavy (non-hydrogen) atoms. The van der Waals surface area contributed by atoms with E-state index in [0.29, 0.717) is 15.6 Å². The smallest absolute Gasteiger partial charge is 0.258 e. The van der Waals surface area contributed by atoms with Crippen LogP contribution in [0.2, 0.25) is 5.02 Å². The molecular weight excluding hydrogens is 285 g/mol. The number of halogens is 2. The van der Waals surface area contributed by atoms with Gasteiger partial charge in [-0.15, -0.1) is 12.6 Å². The number of carbonyl (C=O) groups is 1. The third-order valence-corrected chi connectivity index (χ3v) is 3.16. The maximum absolute atomic E-state index is 13.6. The Hall–Kier alpha value is -1.52. The normalized spacial score (nSPS) is 10.3. The topological polar surface area (TPSA) is 29.1 Å². The number of thiol groups is 1. The van der Waals surface area contributed by atoms with Gasteiger partial charge in [0.05, 0.1) is 5.56 Å². The van der Waals surface area contributed by atoms with Gasteiger partial charge in [0.1, 0.15) is 5.82 Å². The summed E-state index contributed by atoms with van der Waals surface area (Å²) in [5, 5.41) is 3.14. The van der Waals surface area contributed by atoms with Crippen LogP contribution in [0.3, 0.4) is 0 Å². The number of carbonyl (C=O) groups excluding carboxylic acids is 1. The summed E-state index contributed by atoms with van der Waals surface area (Å²) in [5.74, 6) is -1.12. The maximum atomic E-state index is 13.6. The van der Waals surface area contributed by atoms with Crippen molar-refractivity contribution in [3.05, 3.63) is 58.4 Å². The first-order valence-corrected chi connectivity index (χ1v) is 6.36. The maximum Gasteiger partial charge on any atom is 0.258 e. The summed E-state index contributed by atoms with van der Waals surface area (Å²) in [6.07, 6.45) is 0. The van der Waals surface area contributed by atoms with Crippen molar-refractivity contribution in [1.82, 2.24) is 0 Å². The lowest BCUT2D eigenvalue weighted by atomic mass is 10.1. The molecule has 2 aromatic carbocycles. The van der Waals surface area contributed by atoms with Gasteiger partial charge in [0.25, 0.3) is 5.91 Å². The van der Waals surface area contributed by atoms with Gasteiger partial charge in [-0.05, 0) is 42.8 Å². The molecule has 0 aliphatic heterocycles. The van der Waals surface area contributed by atoms with Crippen LogP contribution >= 0.6 is 24.2 Å². The molecule has 0 aliphatic rings. The third-order valence-electron chi connectivity index (χ3n) is 2.64. The summed E-state index contributed by atoms with van der Waals surface area (Å²) in [5.41, 5.74) is 1.36. The van der Waals surface area contributed by atoms with Crippen molar-refractivity contribution in [2.45, 2.75) is 11.8 Å². The average Bonchev–Trinajstić information content (AvgIpc) is 2.36. The Morgan fingerprint density at radius 1 is 1.26 bits per heavy atom. The molecule has 0 fully saturated rings. The fraction of sp³-hybridized carbons (Fsp3) is 0.0714. The van der Waals surface area contributed by atoms with Crippen LogP contribution in [0.4, 0.5) is 10.1 Å². The van der Waals surface area contributed by atoms with E-state index in [9.17, 15) is 9.18 Å². The summed E-state index contributed by atoms with van der Waals surface area (Å²) >= 11 is 9.96. The minimum absolute atomic E-state index is 0.0492. The third kappa shape index (κ3) is 3.28. The molecule has 0 bridgehead atoms. The van der Waals surface area contributed by atoms with E-state index in [1.54, 1.807) is 18.2 Å².